The molecule has 2 aromatic carbocycles. The Balaban J connectivity index is 1.25. The van der Waals surface area contributed by atoms with Gasteiger partial charge in [-0.1, -0.05) is 61.3 Å². The van der Waals surface area contributed by atoms with Gasteiger partial charge in [0.1, 0.15) is 19.6 Å². The Hall–Kier alpha value is -3.32. The minimum Gasteiger partial charge on any atom is -0.383 e. The summed E-state index contributed by atoms with van der Waals surface area (Å²) < 4.78 is 2.00. The molecule has 8 nitrogen and oxygen atoms in total. The van der Waals surface area contributed by atoms with E-state index >= 15 is 0 Å². The average molecular weight is 611 g/mol. The van der Waals surface area contributed by atoms with Crippen LogP contribution >= 0.6 is 23.2 Å². The minimum atomic E-state index is -1.25. The van der Waals surface area contributed by atoms with Gasteiger partial charge in [0.15, 0.2) is 0 Å². The molecule has 3 aliphatic rings. The molecule has 3 heterocycles. The number of rotatable bonds is 8. The van der Waals surface area contributed by atoms with E-state index in [4.69, 9.17) is 31.0 Å². The Bertz CT molecular complexity index is 1730. The highest BCUT2D eigenvalue weighted by molar-refractivity contribution is 6.36. The first kappa shape index (κ1) is 28.5. The van der Waals surface area contributed by atoms with Crippen molar-refractivity contribution in [3.8, 4) is 6.07 Å². The van der Waals surface area contributed by atoms with E-state index in [1.807, 2.05) is 41.2 Å². The molecule has 218 valence electrons. The first-order chi connectivity index (χ1) is 20.5. The molecule has 0 spiro atoms. The van der Waals surface area contributed by atoms with Crippen molar-refractivity contribution in [1.29, 1.82) is 5.26 Å². The maximum absolute atomic E-state index is 9.88. The first-order valence-corrected chi connectivity index (χ1v) is 15.6. The fourth-order valence-electron chi connectivity index (χ4n) is 6.45. The zero-order chi connectivity index (χ0) is 30.1. The zero-order valence-corrected chi connectivity index (χ0v) is 26.0. The Labute approximate surface area is 263 Å². The number of piperidine rings is 1. The molecule has 3 fully saturated rings. The van der Waals surface area contributed by atoms with Crippen LogP contribution in [0.5, 0.6) is 0 Å². The van der Waals surface area contributed by atoms with Crippen molar-refractivity contribution in [2.75, 3.05) is 30.3 Å². The summed E-state index contributed by atoms with van der Waals surface area (Å²) >= 11 is 13.1. The number of hydrogen-bond acceptors (Lipinski definition) is 7. The number of aromatic nitrogens is 4. The summed E-state index contributed by atoms with van der Waals surface area (Å²) in [5, 5.41) is 27.8. The number of hydrogen-bond donors (Lipinski definition) is 2. The second-order valence-corrected chi connectivity index (χ2v) is 14.3. The number of fused-ring (bicyclic) bond motifs is 2. The van der Waals surface area contributed by atoms with Crippen LogP contribution in [0.2, 0.25) is 10.0 Å². The topological polar surface area (TPSA) is 94.7 Å². The van der Waals surface area contributed by atoms with Gasteiger partial charge in [-0.2, -0.15) is 5.26 Å². The largest absolute Gasteiger partial charge is 0.383 e. The Morgan fingerprint density at radius 1 is 1.09 bits per heavy atom. The normalized spacial score (nSPS) is 23.0. The quantitative estimate of drug-likeness (QED) is 0.229. The number of nitrogens with zero attached hydrogens (tertiary/aromatic N) is 6. The average Bonchev–Trinajstić information content (AvgIpc) is 3.82. The number of pyridine rings is 1. The van der Waals surface area contributed by atoms with Crippen LogP contribution < -0.4 is 10.6 Å². The smallest absolute Gasteiger partial charge is 0.119 e. The van der Waals surface area contributed by atoms with Gasteiger partial charge in [0.25, 0.3) is 0 Å². The van der Waals surface area contributed by atoms with Gasteiger partial charge in [-0.05, 0) is 48.1 Å². The summed E-state index contributed by atoms with van der Waals surface area (Å²) in [4.78, 5) is 7.13. The highest BCUT2D eigenvalue weighted by Crippen LogP contribution is 2.56. The Kier molecular flexibility index (Phi) is 6.88. The number of benzene rings is 2. The van der Waals surface area contributed by atoms with Crippen molar-refractivity contribution < 1.29 is 0 Å². The third kappa shape index (κ3) is 5.35. The monoisotopic (exact) mass is 610 g/mol. The fourth-order valence-corrected chi connectivity index (χ4v) is 6.84. The van der Waals surface area contributed by atoms with E-state index in [-0.39, 0.29) is 5.41 Å². The maximum atomic E-state index is 9.88. The minimum absolute atomic E-state index is 0.00890. The summed E-state index contributed by atoms with van der Waals surface area (Å²) in [6.45, 7) is 9.34. The molecule has 2 aliphatic carbocycles. The summed E-state index contributed by atoms with van der Waals surface area (Å²) in [5.41, 5.74) is 2.49. The zero-order valence-electron chi connectivity index (χ0n) is 24.5. The molecule has 11 heteroatoms. The van der Waals surface area contributed by atoms with Crippen molar-refractivity contribution in [2.24, 2.45) is 17.3 Å². The predicted molar refractivity (Wildman–Crippen MR) is 172 cm³/mol. The van der Waals surface area contributed by atoms with Gasteiger partial charge in [0, 0.05) is 59.8 Å². The van der Waals surface area contributed by atoms with Gasteiger partial charge in [0.05, 0.1) is 39.5 Å². The number of anilines is 2. The Morgan fingerprint density at radius 2 is 1.81 bits per heavy atom. The van der Waals surface area contributed by atoms with E-state index in [1.54, 1.807) is 12.3 Å². The molecule has 7 rings (SSSR count). The molecular weight excluding hydrogens is 578 g/mol. The van der Waals surface area contributed by atoms with E-state index in [2.05, 4.69) is 57.7 Å². The van der Waals surface area contributed by atoms with Crippen molar-refractivity contribution in [2.45, 2.75) is 51.1 Å². The standard InChI is InChI=1S/C32H33BCl2N8/c1-31(2,3)17-38-28-18(12-36)13-37-29-23(28)10-21(11-26(29)35)39-32(33,19-4-6-20(34)7-5-19)27-16-43(41-40-27)30-24-14-42(15-25(24)30)22-8-9-22/h4-7,10-11,13,16,22,24-25,30,39H,8-9,14-15,17H2,1-3H3,(H,37,38)/t24-,25+,30?,32?. The van der Waals surface area contributed by atoms with E-state index in [0.717, 1.165) is 30.1 Å². The molecule has 4 atom stereocenters. The fraction of sp³-hybridized carbons (Fsp3) is 0.438. The molecule has 2 aromatic heterocycles. The van der Waals surface area contributed by atoms with Crippen LogP contribution in [0.3, 0.4) is 0 Å². The highest BCUT2D eigenvalue weighted by Gasteiger charge is 2.59. The molecule has 4 aromatic rings. The molecule has 2 unspecified atom stereocenters. The molecular formula is C32H33BCl2N8. The van der Waals surface area contributed by atoms with Crippen molar-refractivity contribution >= 4 is 53.3 Å². The van der Waals surface area contributed by atoms with Crippen molar-refractivity contribution in [3.63, 3.8) is 0 Å². The molecule has 2 saturated carbocycles. The van der Waals surface area contributed by atoms with Gasteiger partial charge in [-0.15, -0.1) is 5.10 Å². The van der Waals surface area contributed by atoms with Crippen LogP contribution in [0.4, 0.5) is 11.4 Å². The lowest BCUT2D eigenvalue weighted by Crippen LogP contribution is -2.37. The lowest BCUT2D eigenvalue weighted by molar-refractivity contribution is 0.270. The Morgan fingerprint density at radius 3 is 2.47 bits per heavy atom. The van der Waals surface area contributed by atoms with Crippen molar-refractivity contribution in [3.05, 3.63) is 75.7 Å². The van der Waals surface area contributed by atoms with Crippen LogP contribution in [0.1, 0.15) is 56.5 Å². The van der Waals surface area contributed by atoms with E-state index in [9.17, 15) is 5.26 Å². The molecule has 2 radical (unpaired) electrons. The molecule has 43 heavy (non-hydrogen) atoms. The van der Waals surface area contributed by atoms with Crippen LogP contribution in [0.25, 0.3) is 10.9 Å². The number of nitrogens with one attached hydrogen (secondary N) is 2. The number of likely N-dealkylation sites (tertiary alicyclic amines) is 1. The van der Waals surface area contributed by atoms with E-state index < -0.39 is 5.44 Å². The number of halogens is 2. The van der Waals surface area contributed by atoms with Gasteiger partial charge in [-0.3, -0.25) is 9.88 Å². The van der Waals surface area contributed by atoms with E-state index in [0.29, 0.717) is 62.6 Å². The SMILES string of the molecule is [B]C(Nc1cc(Cl)c2ncc(C#N)c(NCC(C)(C)C)c2c1)(c1ccc(Cl)cc1)c1cn(C2[C@H]3CN(C4CC4)C[C@@H]23)nn1. The van der Waals surface area contributed by atoms with Crippen LogP contribution in [0.15, 0.2) is 48.8 Å². The third-order valence-corrected chi connectivity index (χ3v) is 9.48. The molecule has 0 amide bonds. The van der Waals surface area contributed by atoms with Gasteiger partial charge in [0.2, 0.25) is 0 Å². The predicted octanol–water partition coefficient (Wildman–Crippen LogP) is 6.21. The lowest BCUT2D eigenvalue weighted by Gasteiger charge is -2.32. The molecule has 1 aliphatic heterocycles. The summed E-state index contributed by atoms with van der Waals surface area (Å²) in [5.74, 6) is 1.23. The molecule has 2 N–H and O–H groups in total. The van der Waals surface area contributed by atoms with Crippen molar-refractivity contribution in [1.82, 2.24) is 24.9 Å². The van der Waals surface area contributed by atoms with Crippen LogP contribution in [-0.4, -0.2) is 58.4 Å². The molecule has 0 bridgehead atoms. The van der Waals surface area contributed by atoms with Gasteiger partial charge < -0.3 is 10.6 Å². The third-order valence-electron chi connectivity index (χ3n) is 8.94. The second kappa shape index (κ2) is 10.4. The van der Waals surface area contributed by atoms with Crippen LogP contribution in [-0.2, 0) is 5.44 Å². The first-order valence-electron chi connectivity index (χ1n) is 14.8. The van der Waals surface area contributed by atoms with Gasteiger partial charge in [-0.25, -0.2) is 4.68 Å². The summed E-state index contributed by atoms with van der Waals surface area (Å²) in [6, 6.07) is 14.6. The molecule has 1 saturated heterocycles. The highest BCUT2D eigenvalue weighted by atomic mass is 35.5. The van der Waals surface area contributed by atoms with Crippen LogP contribution in [0, 0.1) is 28.6 Å². The number of nitriles is 1. The summed E-state index contributed by atoms with van der Waals surface area (Å²) in [7, 11) is 7.24. The lowest BCUT2D eigenvalue weighted by atomic mass is 9.69. The second-order valence-electron chi connectivity index (χ2n) is 13.5. The maximum Gasteiger partial charge on any atom is 0.119 e. The summed E-state index contributed by atoms with van der Waals surface area (Å²) in [6.07, 6.45) is 6.20. The van der Waals surface area contributed by atoms with E-state index in [1.165, 1.54) is 12.8 Å². The van der Waals surface area contributed by atoms with Gasteiger partial charge >= 0.3 is 0 Å².